The summed E-state index contributed by atoms with van der Waals surface area (Å²) in [6.07, 6.45) is 2.69. The van der Waals surface area contributed by atoms with Crippen LogP contribution in [0, 0.1) is 19.8 Å². The Morgan fingerprint density at radius 3 is 2.62 bits per heavy atom. The summed E-state index contributed by atoms with van der Waals surface area (Å²) in [4.78, 5) is 31.9. The second-order valence-corrected chi connectivity index (χ2v) is 7.51. The molecule has 0 saturated carbocycles. The minimum absolute atomic E-state index is 0.0747. The van der Waals surface area contributed by atoms with E-state index in [1.54, 1.807) is 18.1 Å². The van der Waals surface area contributed by atoms with E-state index in [9.17, 15) is 9.59 Å². The summed E-state index contributed by atoms with van der Waals surface area (Å²) in [5, 5.41) is 3.52. The number of carbonyl (C=O) groups excluding carboxylic acids is 2. The molecule has 1 N–H and O–H groups in total. The largest absolute Gasteiger partial charge is 0.338 e. The van der Waals surface area contributed by atoms with Gasteiger partial charge in [-0.1, -0.05) is 29.8 Å². The summed E-state index contributed by atoms with van der Waals surface area (Å²) >= 11 is 1.46. The van der Waals surface area contributed by atoms with Crippen molar-refractivity contribution in [3.63, 3.8) is 0 Å². The average molecular weight is 343 g/mol. The third kappa shape index (κ3) is 3.33. The van der Waals surface area contributed by atoms with Crippen LogP contribution in [-0.4, -0.2) is 28.7 Å². The monoisotopic (exact) mass is 343 g/mol. The molecule has 2 amide bonds. The molecule has 0 radical (unpaired) electrons. The van der Waals surface area contributed by atoms with Crippen LogP contribution in [0.2, 0.25) is 0 Å². The van der Waals surface area contributed by atoms with Crippen molar-refractivity contribution >= 4 is 28.3 Å². The minimum atomic E-state index is -0.278. The molecule has 1 fully saturated rings. The number of rotatable bonds is 3. The highest BCUT2D eigenvalue weighted by atomic mass is 32.1. The highest BCUT2D eigenvalue weighted by molar-refractivity contribution is 7.15. The van der Waals surface area contributed by atoms with E-state index >= 15 is 0 Å². The Morgan fingerprint density at radius 1 is 1.29 bits per heavy atom. The maximum absolute atomic E-state index is 12.8. The number of carbonyl (C=O) groups is 2. The van der Waals surface area contributed by atoms with E-state index in [4.69, 9.17) is 0 Å². The van der Waals surface area contributed by atoms with E-state index in [-0.39, 0.29) is 23.8 Å². The maximum Gasteiger partial charge on any atom is 0.231 e. The molecule has 2 atom stereocenters. The van der Waals surface area contributed by atoms with Crippen molar-refractivity contribution < 1.29 is 9.59 Å². The van der Waals surface area contributed by atoms with Crippen molar-refractivity contribution in [1.82, 2.24) is 9.88 Å². The van der Waals surface area contributed by atoms with Crippen LogP contribution in [0.25, 0.3) is 0 Å². The third-order valence-electron chi connectivity index (χ3n) is 4.47. The van der Waals surface area contributed by atoms with Gasteiger partial charge in [0, 0.05) is 24.5 Å². The Labute approximate surface area is 145 Å². The molecule has 2 heterocycles. The molecular weight excluding hydrogens is 322 g/mol. The number of hydrogen-bond acceptors (Lipinski definition) is 4. The molecule has 6 heteroatoms. The molecule has 1 aromatic carbocycles. The number of aromatic nitrogens is 1. The van der Waals surface area contributed by atoms with Crippen LogP contribution in [0.1, 0.15) is 34.9 Å². The molecule has 0 spiro atoms. The predicted octanol–water partition coefficient (Wildman–Crippen LogP) is 3.31. The molecule has 2 aromatic rings. The van der Waals surface area contributed by atoms with Gasteiger partial charge in [0.1, 0.15) is 0 Å². The number of thiazole rings is 1. The first-order chi connectivity index (χ1) is 11.5. The quantitative estimate of drug-likeness (QED) is 0.930. The van der Waals surface area contributed by atoms with Crippen molar-refractivity contribution in [3.8, 4) is 0 Å². The predicted molar refractivity (Wildman–Crippen MR) is 94.9 cm³/mol. The molecule has 126 valence electrons. The Balaban J connectivity index is 1.86. The SMILES string of the molecule is Cc1ccc([C@H]2[C@@H](C(=O)Nc3ncc(C)s3)CCC(=O)N2C)cc1. The van der Waals surface area contributed by atoms with E-state index in [2.05, 4.69) is 10.3 Å². The zero-order chi connectivity index (χ0) is 17.3. The van der Waals surface area contributed by atoms with E-state index < -0.39 is 0 Å². The van der Waals surface area contributed by atoms with Crippen LogP contribution in [0.4, 0.5) is 5.13 Å². The maximum atomic E-state index is 12.8. The summed E-state index contributed by atoms with van der Waals surface area (Å²) in [5.74, 6) is -0.274. The molecule has 1 aliphatic rings. The first-order valence-corrected chi connectivity index (χ1v) is 8.83. The zero-order valence-corrected chi connectivity index (χ0v) is 14.9. The van der Waals surface area contributed by atoms with E-state index in [0.29, 0.717) is 18.0 Å². The van der Waals surface area contributed by atoms with Crippen LogP contribution in [0.5, 0.6) is 0 Å². The van der Waals surface area contributed by atoms with Crippen molar-refractivity contribution in [2.75, 3.05) is 12.4 Å². The first kappa shape index (κ1) is 16.6. The van der Waals surface area contributed by atoms with Crippen molar-refractivity contribution in [3.05, 3.63) is 46.5 Å². The highest BCUT2D eigenvalue weighted by Gasteiger charge is 2.39. The third-order valence-corrected chi connectivity index (χ3v) is 5.30. The molecule has 1 saturated heterocycles. The highest BCUT2D eigenvalue weighted by Crippen LogP contribution is 2.36. The van der Waals surface area contributed by atoms with Gasteiger partial charge in [-0.2, -0.15) is 0 Å². The van der Waals surface area contributed by atoms with Gasteiger partial charge in [-0.3, -0.25) is 9.59 Å². The van der Waals surface area contributed by atoms with Gasteiger partial charge >= 0.3 is 0 Å². The normalized spacial score (nSPS) is 21.0. The molecule has 0 unspecified atom stereocenters. The Morgan fingerprint density at radius 2 is 2.00 bits per heavy atom. The number of aryl methyl sites for hydroxylation is 2. The molecule has 1 aliphatic heterocycles. The van der Waals surface area contributed by atoms with Crippen molar-refractivity contribution in [1.29, 1.82) is 0 Å². The lowest BCUT2D eigenvalue weighted by Gasteiger charge is -2.38. The second kappa shape index (κ2) is 6.73. The fraction of sp³-hybridized carbons (Fsp3) is 0.389. The van der Waals surface area contributed by atoms with Crippen LogP contribution in [0.3, 0.4) is 0 Å². The summed E-state index contributed by atoms with van der Waals surface area (Å²) in [7, 11) is 1.78. The van der Waals surface area contributed by atoms with Crippen LogP contribution < -0.4 is 5.32 Å². The Kier molecular flexibility index (Phi) is 4.66. The number of nitrogens with one attached hydrogen (secondary N) is 1. The average Bonchev–Trinajstić information content (AvgIpc) is 2.96. The second-order valence-electron chi connectivity index (χ2n) is 6.27. The molecule has 24 heavy (non-hydrogen) atoms. The standard InChI is InChI=1S/C18H21N3O2S/c1-11-4-6-13(7-5-11)16-14(8-9-15(22)21(16)3)17(23)20-18-19-10-12(2)24-18/h4-7,10,14,16H,8-9H2,1-3H3,(H,19,20,23)/t14-,16-/m0/s1. The van der Waals surface area contributed by atoms with Gasteiger partial charge in [0.05, 0.1) is 12.0 Å². The smallest absolute Gasteiger partial charge is 0.231 e. The van der Waals surface area contributed by atoms with Crippen molar-refractivity contribution in [2.24, 2.45) is 5.92 Å². The first-order valence-electron chi connectivity index (χ1n) is 8.01. The van der Waals surface area contributed by atoms with Gasteiger partial charge in [0.15, 0.2) is 5.13 Å². The number of hydrogen-bond donors (Lipinski definition) is 1. The number of benzene rings is 1. The van der Waals surface area contributed by atoms with Gasteiger partial charge in [0.2, 0.25) is 11.8 Å². The van der Waals surface area contributed by atoms with E-state index in [1.807, 2.05) is 38.1 Å². The molecular formula is C18H21N3O2S. The summed E-state index contributed by atoms with van der Waals surface area (Å²) < 4.78 is 0. The van der Waals surface area contributed by atoms with Crippen LogP contribution in [0.15, 0.2) is 30.5 Å². The molecule has 1 aromatic heterocycles. The topological polar surface area (TPSA) is 62.3 Å². The van der Waals surface area contributed by atoms with Gasteiger partial charge in [-0.05, 0) is 25.8 Å². The van der Waals surface area contributed by atoms with E-state index in [1.165, 1.54) is 11.3 Å². The fourth-order valence-electron chi connectivity index (χ4n) is 3.14. The van der Waals surface area contributed by atoms with Gasteiger partial charge in [-0.15, -0.1) is 11.3 Å². The fourth-order valence-corrected chi connectivity index (χ4v) is 3.81. The summed E-state index contributed by atoms with van der Waals surface area (Å²) in [6.45, 7) is 3.98. The number of amides is 2. The Bertz CT molecular complexity index is 754. The van der Waals surface area contributed by atoms with Gasteiger partial charge < -0.3 is 10.2 Å². The van der Waals surface area contributed by atoms with Crippen LogP contribution >= 0.6 is 11.3 Å². The molecule has 5 nitrogen and oxygen atoms in total. The number of nitrogens with zero attached hydrogens (tertiary/aromatic N) is 2. The Hall–Kier alpha value is -2.21. The zero-order valence-electron chi connectivity index (χ0n) is 14.1. The summed E-state index contributed by atoms with van der Waals surface area (Å²) in [6, 6.07) is 7.79. The van der Waals surface area contributed by atoms with E-state index in [0.717, 1.165) is 16.0 Å². The molecule has 0 aliphatic carbocycles. The molecule has 3 rings (SSSR count). The van der Waals surface area contributed by atoms with Gasteiger partial charge in [-0.25, -0.2) is 4.98 Å². The lowest BCUT2D eigenvalue weighted by molar-refractivity contribution is -0.140. The lowest BCUT2D eigenvalue weighted by Crippen LogP contribution is -2.44. The number of anilines is 1. The molecule has 0 bridgehead atoms. The summed E-state index contributed by atoms with van der Waals surface area (Å²) in [5.41, 5.74) is 2.15. The van der Waals surface area contributed by atoms with Crippen LogP contribution in [-0.2, 0) is 9.59 Å². The van der Waals surface area contributed by atoms with Crippen molar-refractivity contribution in [2.45, 2.75) is 32.7 Å². The minimum Gasteiger partial charge on any atom is -0.338 e. The van der Waals surface area contributed by atoms with Gasteiger partial charge in [0.25, 0.3) is 0 Å². The number of piperidine rings is 1. The lowest BCUT2D eigenvalue weighted by atomic mass is 9.84. The number of likely N-dealkylation sites (tertiary alicyclic amines) is 1.